The Balaban J connectivity index is 2.55. The van der Waals surface area contributed by atoms with Crippen LogP contribution in [-0.2, 0) is 11.3 Å². The molecule has 4 nitrogen and oxygen atoms in total. The molecule has 1 N–H and O–H groups in total. The van der Waals surface area contributed by atoms with E-state index in [2.05, 4.69) is 0 Å². The van der Waals surface area contributed by atoms with Gasteiger partial charge >= 0.3 is 5.97 Å². The Hall–Kier alpha value is -1.68. The Morgan fingerprint density at radius 3 is 2.93 bits per heavy atom. The third-order valence-corrected chi connectivity index (χ3v) is 2.61. The molecule has 1 heterocycles. The van der Waals surface area contributed by atoms with Crippen LogP contribution in [0.4, 0.5) is 0 Å². The second-order valence-corrected chi connectivity index (χ2v) is 3.42. The summed E-state index contributed by atoms with van der Waals surface area (Å²) in [5, 5.41) is 8.77. The predicted molar refractivity (Wildman–Crippen MR) is 51.7 cm³/mol. The summed E-state index contributed by atoms with van der Waals surface area (Å²) in [5.74, 6) is -0.689. The largest absolute Gasteiger partial charge is 0.457 e. The van der Waals surface area contributed by atoms with Gasteiger partial charge < -0.3 is 9.84 Å². The van der Waals surface area contributed by atoms with Crippen LogP contribution in [0.15, 0.2) is 12.1 Å². The Bertz CT molecular complexity index is 448. The maximum absolute atomic E-state index is 11.3. The van der Waals surface area contributed by atoms with E-state index in [0.29, 0.717) is 11.1 Å². The minimum atomic E-state index is -0.519. The molecule has 0 radical (unpaired) electrons. The molecule has 2 rings (SSSR count). The van der Waals surface area contributed by atoms with Gasteiger partial charge in [-0.05, 0) is 18.6 Å². The van der Waals surface area contributed by atoms with Crippen molar-refractivity contribution in [3.63, 3.8) is 0 Å². The monoisotopic (exact) mass is 206 g/mol. The number of hydrogen-bond donors (Lipinski definition) is 1. The smallest absolute Gasteiger partial charge is 0.338 e. The van der Waals surface area contributed by atoms with E-state index in [1.165, 1.54) is 0 Å². The summed E-state index contributed by atoms with van der Waals surface area (Å²) in [5.41, 5.74) is 2.44. The zero-order chi connectivity index (χ0) is 11.0. The summed E-state index contributed by atoms with van der Waals surface area (Å²) in [4.78, 5) is 22.6. The van der Waals surface area contributed by atoms with Crippen LogP contribution in [0.1, 0.15) is 31.8 Å². The maximum atomic E-state index is 11.3. The molecule has 0 unspecified atom stereocenters. The first-order valence-corrected chi connectivity index (χ1v) is 4.59. The highest BCUT2D eigenvalue weighted by Gasteiger charge is 2.25. The number of carbonyl (C=O) groups excluding carboxylic acids is 2. The van der Waals surface area contributed by atoms with Crippen LogP contribution in [0, 0.1) is 6.92 Å². The zero-order valence-corrected chi connectivity index (χ0v) is 8.24. The van der Waals surface area contributed by atoms with E-state index < -0.39 is 6.61 Å². The van der Waals surface area contributed by atoms with E-state index in [-0.39, 0.29) is 18.4 Å². The summed E-state index contributed by atoms with van der Waals surface area (Å²) in [6, 6.07) is 3.12. The van der Waals surface area contributed by atoms with Crippen LogP contribution in [0.25, 0.3) is 0 Å². The molecule has 1 aromatic rings. The van der Waals surface area contributed by atoms with Crippen molar-refractivity contribution in [1.29, 1.82) is 0 Å². The Kier molecular flexibility index (Phi) is 2.28. The van der Waals surface area contributed by atoms with Gasteiger partial charge in [-0.3, -0.25) is 4.79 Å². The highest BCUT2D eigenvalue weighted by molar-refractivity contribution is 6.01. The first-order chi connectivity index (χ1) is 7.15. The van der Waals surface area contributed by atoms with E-state index in [0.717, 1.165) is 11.1 Å². The van der Waals surface area contributed by atoms with Gasteiger partial charge in [-0.25, -0.2) is 4.79 Å². The van der Waals surface area contributed by atoms with Crippen molar-refractivity contribution in [2.24, 2.45) is 0 Å². The third-order valence-electron chi connectivity index (χ3n) is 2.61. The lowest BCUT2D eigenvalue weighted by Crippen LogP contribution is -2.08. The fourth-order valence-electron chi connectivity index (χ4n) is 1.74. The summed E-state index contributed by atoms with van der Waals surface area (Å²) in [6.45, 7) is 1.45. The number of cyclic esters (lactones) is 1. The van der Waals surface area contributed by atoms with Gasteiger partial charge in [-0.2, -0.15) is 0 Å². The number of hydrogen-bond acceptors (Lipinski definition) is 4. The summed E-state index contributed by atoms with van der Waals surface area (Å²) < 4.78 is 4.86. The summed E-state index contributed by atoms with van der Waals surface area (Å²) in [6.07, 6.45) is 0. The van der Waals surface area contributed by atoms with E-state index in [1.807, 2.05) is 0 Å². The van der Waals surface area contributed by atoms with Gasteiger partial charge in [0.2, 0.25) is 0 Å². The van der Waals surface area contributed by atoms with Crippen molar-refractivity contribution in [1.82, 2.24) is 0 Å². The topological polar surface area (TPSA) is 63.6 Å². The molecule has 0 fully saturated rings. The molecule has 0 aromatic heterocycles. The molecule has 0 spiro atoms. The highest BCUT2D eigenvalue weighted by atomic mass is 16.5. The molecule has 1 aliphatic heterocycles. The van der Waals surface area contributed by atoms with Crippen molar-refractivity contribution in [3.05, 3.63) is 34.4 Å². The van der Waals surface area contributed by atoms with Crippen molar-refractivity contribution >= 4 is 11.8 Å². The van der Waals surface area contributed by atoms with Crippen molar-refractivity contribution in [2.75, 3.05) is 6.61 Å². The molecule has 15 heavy (non-hydrogen) atoms. The van der Waals surface area contributed by atoms with Crippen LogP contribution >= 0.6 is 0 Å². The Labute approximate surface area is 86.5 Å². The first-order valence-electron chi connectivity index (χ1n) is 4.59. The second-order valence-electron chi connectivity index (χ2n) is 3.42. The average Bonchev–Trinajstić information content (AvgIpc) is 2.61. The SMILES string of the molecule is Cc1c(C(=O)CO)ccc2c1COC2=O. The molecular weight excluding hydrogens is 196 g/mol. The van der Waals surface area contributed by atoms with Crippen LogP contribution in [-0.4, -0.2) is 23.5 Å². The van der Waals surface area contributed by atoms with Gasteiger partial charge in [-0.1, -0.05) is 6.07 Å². The standard InChI is InChI=1S/C11H10O4/c1-6-7(10(13)4-12)2-3-8-9(6)5-15-11(8)14/h2-3,12H,4-5H2,1H3. The normalized spacial score (nSPS) is 13.6. The van der Waals surface area contributed by atoms with Crippen LogP contribution in [0.3, 0.4) is 0 Å². The van der Waals surface area contributed by atoms with Crippen molar-refractivity contribution in [2.45, 2.75) is 13.5 Å². The van der Waals surface area contributed by atoms with Crippen LogP contribution in [0.2, 0.25) is 0 Å². The number of benzene rings is 1. The molecule has 0 saturated carbocycles. The van der Waals surface area contributed by atoms with Gasteiger partial charge in [0.15, 0.2) is 5.78 Å². The molecule has 0 bridgehead atoms. The lowest BCUT2D eigenvalue weighted by molar-refractivity contribution is 0.0535. The van der Waals surface area contributed by atoms with E-state index in [1.54, 1.807) is 19.1 Å². The van der Waals surface area contributed by atoms with Gasteiger partial charge in [0.25, 0.3) is 0 Å². The van der Waals surface area contributed by atoms with Gasteiger partial charge in [0, 0.05) is 11.1 Å². The molecule has 0 amide bonds. The predicted octanol–water partition coefficient (Wildman–Crippen LogP) is 0.840. The average molecular weight is 206 g/mol. The number of aliphatic hydroxyl groups excluding tert-OH is 1. The fraction of sp³-hybridized carbons (Fsp3) is 0.273. The third kappa shape index (κ3) is 1.43. The number of Topliss-reactive ketones (excluding diaryl/α,β-unsaturated/α-hetero) is 1. The van der Waals surface area contributed by atoms with Crippen LogP contribution < -0.4 is 0 Å². The van der Waals surface area contributed by atoms with Crippen molar-refractivity contribution in [3.8, 4) is 0 Å². The highest BCUT2D eigenvalue weighted by Crippen LogP contribution is 2.25. The van der Waals surface area contributed by atoms with Crippen molar-refractivity contribution < 1.29 is 19.4 Å². The number of ether oxygens (including phenoxy) is 1. The molecule has 0 aliphatic carbocycles. The lowest BCUT2D eigenvalue weighted by Gasteiger charge is -2.06. The van der Waals surface area contributed by atoms with E-state index >= 15 is 0 Å². The minimum absolute atomic E-state index is 0.215. The maximum Gasteiger partial charge on any atom is 0.338 e. The number of esters is 1. The zero-order valence-electron chi connectivity index (χ0n) is 8.24. The first kappa shape index (κ1) is 9.86. The number of rotatable bonds is 2. The molecule has 0 saturated heterocycles. The van der Waals surface area contributed by atoms with E-state index in [4.69, 9.17) is 9.84 Å². The Morgan fingerprint density at radius 1 is 1.53 bits per heavy atom. The molecular formula is C11H10O4. The lowest BCUT2D eigenvalue weighted by atomic mass is 9.96. The Morgan fingerprint density at radius 2 is 2.27 bits per heavy atom. The van der Waals surface area contributed by atoms with Gasteiger partial charge in [-0.15, -0.1) is 0 Å². The minimum Gasteiger partial charge on any atom is -0.457 e. The molecule has 0 atom stereocenters. The summed E-state index contributed by atoms with van der Waals surface area (Å²) in [7, 11) is 0. The molecule has 4 heteroatoms. The number of carbonyl (C=O) groups is 2. The number of aliphatic hydroxyl groups is 1. The molecule has 78 valence electrons. The van der Waals surface area contributed by atoms with Crippen LogP contribution in [0.5, 0.6) is 0 Å². The fourth-order valence-corrected chi connectivity index (χ4v) is 1.74. The van der Waals surface area contributed by atoms with Gasteiger partial charge in [0.05, 0.1) is 5.56 Å². The quantitative estimate of drug-likeness (QED) is 0.575. The number of fused-ring (bicyclic) bond motifs is 1. The molecule has 1 aliphatic rings. The van der Waals surface area contributed by atoms with Gasteiger partial charge in [0.1, 0.15) is 13.2 Å². The second kappa shape index (κ2) is 3.47. The molecule has 1 aromatic carbocycles. The van der Waals surface area contributed by atoms with E-state index in [9.17, 15) is 9.59 Å². The number of ketones is 1. The summed E-state index contributed by atoms with van der Waals surface area (Å²) >= 11 is 0.